The standard InChI is InChI=1S/C30H21N3O/c1-2-11-22(12-3-1)33-24-14-8-10-21-20-23-13-4-6-18-31(23)30(28(21)24)29-25(33)15-9-16-26(29)34-27-17-5-7-19-32(27)30/h1-19H,20H2/q+2. The highest BCUT2D eigenvalue weighted by Crippen LogP contribution is 2.56. The molecule has 5 heterocycles. The smallest absolute Gasteiger partial charge is 0.404 e. The van der Waals surface area contributed by atoms with E-state index < -0.39 is 5.66 Å². The predicted molar refractivity (Wildman–Crippen MR) is 129 cm³/mol. The van der Waals surface area contributed by atoms with Gasteiger partial charge in [0.25, 0.3) is 0 Å². The van der Waals surface area contributed by atoms with E-state index in [0.717, 1.165) is 29.4 Å². The van der Waals surface area contributed by atoms with Gasteiger partial charge in [-0.25, -0.2) is 0 Å². The molecule has 0 N–H and O–H groups in total. The van der Waals surface area contributed by atoms with E-state index in [0.29, 0.717) is 0 Å². The Morgan fingerprint density at radius 2 is 1.38 bits per heavy atom. The Morgan fingerprint density at radius 3 is 2.26 bits per heavy atom. The van der Waals surface area contributed by atoms with Crippen LogP contribution in [0.3, 0.4) is 0 Å². The number of ether oxygens (including phenoxy) is 1. The molecule has 2 aromatic heterocycles. The molecule has 1 spiro atoms. The second-order valence-corrected chi connectivity index (χ2v) is 9.05. The summed E-state index contributed by atoms with van der Waals surface area (Å²) >= 11 is 0. The van der Waals surface area contributed by atoms with Gasteiger partial charge in [0, 0.05) is 23.9 Å². The molecular formula is C30H21N3O+2. The van der Waals surface area contributed by atoms with Gasteiger partial charge < -0.3 is 9.64 Å². The van der Waals surface area contributed by atoms with Gasteiger partial charge in [0.2, 0.25) is 0 Å². The lowest BCUT2D eigenvalue weighted by Crippen LogP contribution is -2.79. The highest BCUT2D eigenvalue weighted by molar-refractivity contribution is 5.87. The fourth-order valence-electron chi connectivity index (χ4n) is 6.20. The molecule has 0 fully saturated rings. The van der Waals surface area contributed by atoms with Gasteiger partial charge in [0.05, 0.1) is 23.9 Å². The van der Waals surface area contributed by atoms with Gasteiger partial charge in [-0.3, -0.25) is 0 Å². The maximum absolute atomic E-state index is 6.55. The van der Waals surface area contributed by atoms with Crippen molar-refractivity contribution in [2.75, 3.05) is 4.90 Å². The number of anilines is 3. The SMILES string of the molecule is c1ccc(N2c3cccc4c3C3(c5c(cccc52)Oc2cccc[n+]23)[n+]2ccccc2C4)cc1. The summed E-state index contributed by atoms with van der Waals surface area (Å²) in [6, 6.07) is 36.5. The van der Waals surface area contributed by atoms with Gasteiger partial charge in [-0.05, 0) is 42.0 Å². The maximum Gasteiger partial charge on any atom is 0.426 e. The van der Waals surface area contributed by atoms with Crippen LogP contribution in [0.1, 0.15) is 22.4 Å². The van der Waals surface area contributed by atoms with Gasteiger partial charge in [-0.15, -0.1) is 4.57 Å². The maximum atomic E-state index is 6.55. The van der Waals surface area contributed by atoms with Gasteiger partial charge in [0.1, 0.15) is 5.56 Å². The monoisotopic (exact) mass is 439 g/mol. The van der Waals surface area contributed by atoms with Crippen molar-refractivity contribution in [3.05, 3.63) is 138 Å². The molecule has 0 aliphatic carbocycles. The highest BCUT2D eigenvalue weighted by atomic mass is 16.5. The van der Waals surface area contributed by atoms with Crippen molar-refractivity contribution < 1.29 is 13.9 Å². The van der Waals surface area contributed by atoms with Crippen molar-refractivity contribution in [1.82, 2.24) is 0 Å². The van der Waals surface area contributed by atoms with Crippen molar-refractivity contribution in [2.45, 2.75) is 12.1 Å². The molecule has 0 saturated heterocycles. The molecule has 160 valence electrons. The molecule has 0 amide bonds. The largest absolute Gasteiger partial charge is 0.426 e. The average Bonchev–Trinajstić information content (AvgIpc) is 2.89. The lowest BCUT2D eigenvalue weighted by Gasteiger charge is -2.43. The summed E-state index contributed by atoms with van der Waals surface area (Å²) in [5.74, 6) is 1.74. The number of nitrogens with zero attached hydrogens (tertiary/aromatic N) is 3. The van der Waals surface area contributed by atoms with Crippen LogP contribution in [0.5, 0.6) is 11.6 Å². The number of hydrogen-bond acceptors (Lipinski definition) is 2. The van der Waals surface area contributed by atoms with Gasteiger partial charge in [-0.1, -0.05) is 47.0 Å². The molecule has 34 heavy (non-hydrogen) atoms. The molecule has 1 atom stereocenters. The predicted octanol–water partition coefficient (Wildman–Crippen LogP) is 5.35. The van der Waals surface area contributed by atoms with E-state index in [1.165, 1.54) is 28.1 Å². The molecule has 0 saturated carbocycles. The molecule has 0 bridgehead atoms. The Bertz CT molecular complexity index is 1520. The van der Waals surface area contributed by atoms with E-state index >= 15 is 0 Å². The zero-order chi connectivity index (χ0) is 22.3. The molecule has 0 radical (unpaired) electrons. The molecule has 1 unspecified atom stereocenters. The molecule has 3 aliphatic rings. The van der Waals surface area contributed by atoms with E-state index in [1.807, 2.05) is 6.07 Å². The van der Waals surface area contributed by atoms with Crippen LogP contribution < -0.4 is 18.8 Å². The zero-order valence-corrected chi connectivity index (χ0v) is 18.4. The van der Waals surface area contributed by atoms with Crippen LogP contribution in [0.25, 0.3) is 0 Å². The van der Waals surface area contributed by atoms with Crippen molar-refractivity contribution in [1.29, 1.82) is 0 Å². The van der Waals surface area contributed by atoms with Crippen LogP contribution in [-0.2, 0) is 12.1 Å². The summed E-state index contributed by atoms with van der Waals surface area (Å²) in [6.07, 6.45) is 5.27. The minimum absolute atomic E-state index is 0.577. The van der Waals surface area contributed by atoms with E-state index in [1.54, 1.807) is 0 Å². The third-order valence-corrected chi connectivity index (χ3v) is 7.38. The summed E-state index contributed by atoms with van der Waals surface area (Å²) in [6.45, 7) is 0. The van der Waals surface area contributed by atoms with E-state index in [-0.39, 0.29) is 0 Å². The number of fused-ring (bicyclic) bond motifs is 2. The van der Waals surface area contributed by atoms with Crippen molar-refractivity contribution in [3.63, 3.8) is 0 Å². The number of hydrogen-bond donors (Lipinski definition) is 0. The summed E-state index contributed by atoms with van der Waals surface area (Å²) in [5, 5.41) is 0. The Hall–Kier alpha value is -4.44. The van der Waals surface area contributed by atoms with Crippen LogP contribution >= 0.6 is 0 Å². The van der Waals surface area contributed by atoms with E-state index in [2.05, 4.69) is 123 Å². The third kappa shape index (κ3) is 2.04. The van der Waals surface area contributed by atoms with E-state index in [4.69, 9.17) is 4.74 Å². The van der Waals surface area contributed by atoms with E-state index in [9.17, 15) is 0 Å². The highest BCUT2D eigenvalue weighted by Gasteiger charge is 2.67. The van der Waals surface area contributed by atoms with Crippen LogP contribution in [-0.4, -0.2) is 0 Å². The Morgan fingerprint density at radius 1 is 0.647 bits per heavy atom. The third-order valence-electron chi connectivity index (χ3n) is 7.38. The summed E-state index contributed by atoms with van der Waals surface area (Å²) in [7, 11) is 0. The summed E-state index contributed by atoms with van der Waals surface area (Å²) in [5.41, 5.74) is 8.01. The number of para-hydroxylation sites is 1. The van der Waals surface area contributed by atoms with Gasteiger partial charge in [-0.2, -0.15) is 0 Å². The van der Waals surface area contributed by atoms with Crippen molar-refractivity contribution >= 4 is 17.1 Å². The van der Waals surface area contributed by atoms with Crippen LogP contribution in [0, 0.1) is 0 Å². The number of rotatable bonds is 1. The fraction of sp³-hybridized carbons (Fsp3) is 0.0667. The molecule has 4 heteroatoms. The molecule has 4 nitrogen and oxygen atoms in total. The first-order chi connectivity index (χ1) is 16.9. The molecule has 8 rings (SSSR count). The lowest BCUT2D eigenvalue weighted by molar-refractivity contribution is -0.977. The first-order valence-corrected chi connectivity index (χ1v) is 11.7. The molecular weight excluding hydrogens is 418 g/mol. The lowest BCUT2D eigenvalue weighted by atomic mass is 9.76. The van der Waals surface area contributed by atoms with Crippen molar-refractivity contribution in [3.8, 4) is 11.6 Å². The average molecular weight is 440 g/mol. The van der Waals surface area contributed by atoms with Gasteiger partial charge >= 0.3 is 11.5 Å². The molecule has 3 aromatic carbocycles. The Balaban J connectivity index is 1.61. The minimum atomic E-state index is -0.577. The number of pyridine rings is 2. The quantitative estimate of drug-likeness (QED) is 0.321. The fourth-order valence-corrected chi connectivity index (χ4v) is 6.20. The number of aromatic nitrogens is 2. The van der Waals surface area contributed by atoms with Crippen LogP contribution in [0.2, 0.25) is 0 Å². The summed E-state index contributed by atoms with van der Waals surface area (Å²) in [4.78, 5) is 2.39. The van der Waals surface area contributed by atoms with Crippen molar-refractivity contribution in [2.24, 2.45) is 0 Å². The zero-order valence-electron chi connectivity index (χ0n) is 18.4. The second kappa shape index (κ2) is 6.33. The van der Waals surface area contributed by atoms with Crippen LogP contribution in [0.4, 0.5) is 17.1 Å². The Kier molecular flexibility index (Phi) is 3.36. The molecule has 5 aromatic rings. The molecule has 3 aliphatic heterocycles. The number of benzene rings is 3. The Labute approximate surface area is 197 Å². The van der Waals surface area contributed by atoms with Gasteiger partial charge in [0.15, 0.2) is 29.4 Å². The normalized spacial score (nSPS) is 18.2. The van der Waals surface area contributed by atoms with Crippen LogP contribution in [0.15, 0.2) is 116 Å². The second-order valence-electron chi connectivity index (χ2n) is 9.05. The minimum Gasteiger partial charge on any atom is -0.404 e. The summed E-state index contributed by atoms with van der Waals surface area (Å²) < 4.78 is 11.3. The first-order valence-electron chi connectivity index (χ1n) is 11.7. The topological polar surface area (TPSA) is 20.2 Å². The first kappa shape index (κ1) is 18.0.